The SMILES string of the molecule is Cn1cnnc1CCCCCCl. The maximum absolute atomic E-state index is 5.56. The molecule has 1 rings (SSSR count). The summed E-state index contributed by atoms with van der Waals surface area (Å²) in [5.74, 6) is 1.82. The molecule has 1 heterocycles. The summed E-state index contributed by atoms with van der Waals surface area (Å²) in [6, 6.07) is 0. The lowest BCUT2D eigenvalue weighted by Crippen LogP contribution is -1.97. The third kappa shape index (κ3) is 2.81. The highest BCUT2D eigenvalue weighted by Gasteiger charge is 1.98. The molecule has 0 spiro atoms. The topological polar surface area (TPSA) is 30.7 Å². The summed E-state index contributed by atoms with van der Waals surface area (Å²) in [4.78, 5) is 0. The van der Waals surface area contributed by atoms with Crippen LogP contribution in [0.4, 0.5) is 0 Å². The highest BCUT2D eigenvalue weighted by Crippen LogP contribution is 2.03. The Kier molecular flexibility index (Phi) is 4.08. The molecule has 0 unspecified atom stereocenters. The molecule has 0 atom stereocenters. The van der Waals surface area contributed by atoms with Crippen LogP contribution in [-0.2, 0) is 13.5 Å². The highest BCUT2D eigenvalue weighted by atomic mass is 35.5. The van der Waals surface area contributed by atoms with Gasteiger partial charge in [-0.05, 0) is 12.8 Å². The van der Waals surface area contributed by atoms with E-state index >= 15 is 0 Å². The van der Waals surface area contributed by atoms with Gasteiger partial charge in [0.1, 0.15) is 12.2 Å². The number of nitrogens with zero attached hydrogens (tertiary/aromatic N) is 3. The van der Waals surface area contributed by atoms with E-state index < -0.39 is 0 Å². The smallest absolute Gasteiger partial charge is 0.132 e. The zero-order chi connectivity index (χ0) is 8.81. The van der Waals surface area contributed by atoms with E-state index in [-0.39, 0.29) is 0 Å². The summed E-state index contributed by atoms with van der Waals surface area (Å²) in [5, 5.41) is 7.80. The van der Waals surface area contributed by atoms with E-state index in [0.29, 0.717) is 0 Å². The Balaban J connectivity index is 2.20. The van der Waals surface area contributed by atoms with Crippen LogP contribution in [0.1, 0.15) is 25.1 Å². The van der Waals surface area contributed by atoms with Crippen LogP contribution in [-0.4, -0.2) is 20.6 Å². The highest BCUT2D eigenvalue weighted by molar-refractivity contribution is 6.17. The minimum Gasteiger partial charge on any atom is -0.321 e. The first kappa shape index (κ1) is 9.52. The minimum absolute atomic E-state index is 0.763. The molecule has 68 valence electrons. The summed E-state index contributed by atoms with van der Waals surface area (Å²) < 4.78 is 1.96. The number of hydrogen-bond acceptors (Lipinski definition) is 2. The van der Waals surface area contributed by atoms with Crippen molar-refractivity contribution in [1.82, 2.24) is 14.8 Å². The predicted octanol–water partition coefficient (Wildman–Crippen LogP) is 1.77. The van der Waals surface area contributed by atoms with Crippen molar-refractivity contribution in [2.24, 2.45) is 7.05 Å². The van der Waals surface area contributed by atoms with Crippen molar-refractivity contribution in [2.75, 3.05) is 5.88 Å². The Bertz CT molecular complexity index is 222. The third-order valence-electron chi connectivity index (χ3n) is 1.84. The van der Waals surface area contributed by atoms with Crippen LogP contribution in [0.3, 0.4) is 0 Å². The van der Waals surface area contributed by atoms with E-state index in [2.05, 4.69) is 10.2 Å². The van der Waals surface area contributed by atoms with Crippen molar-refractivity contribution >= 4 is 11.6 Å². The molecule has 0 fully saturated rings. The first-order valence-electron chi connectivity index (χ1n) is 4.23. The van der Waals surface area contributed by atoms with E-state index in [1.54, 1.807) is 6.33 Å². The molecule has 12 heavy (non-hydrogen) atoms. The van der Waals surface area contributed by atoms with Crippen molar-refractivity contribution in [3.8, 4) is 0 Å². The normalized spacial score (nSPS) is 10.5. The first-order chi connectivity index (χ1) is 5.84. The fourth-order valence-electron chi connectivity index (χ4n) is 1.09. The maximum atomic E-state index is 5.56. The van der Waals surface area contributed by atoms with Crippen molar-refractivity contribution in [3.63, 3.8) is 0 Å². The Morgan fingerprint density at radius 3 is 2.83 bits per heavy atom. The fraction of sp³-hybridized carbons (Fsp3) is 0.750. The lowest BCUT2D eigenvalue weighted by molar-refractivity contribution is 0.672. The molecule has 0 aliphatic heterocycles. The quantitative estimate of drug-likeness (QED) is 0.520. The van der Waals surface area contributed by atoms with Gasteiger partial charge in [0.15, 0.2) is 0 Å². The number of aryl methyl sites for hydroxylation is 2. The van der Waals surface area contributed by atoms with Crippen molar-refractivity contribution in [1.29, 1.82) is 0 Å². The van der Waals surface area contributed by atoms with Gasteiger partial charge in [-0.3, -0.25) is 0 Å². The Morgan fingerprint density at radius 2 is 2.25 bits per heavy atom. The van der Waals surface area contributed by atoms with Crippen LogP contribution >= 0.6 is 11.6 Å². The Labute approximate surface area is 77.8 Å². The lowest BCUT2D eigenvalue weighted by atomic mass is 10.2. The molecule has 3 nitrogen and oxygen atoms in total. The Morgan fingerprint density at radius 1 is 1.42 bits per heavy atom. The van der Waals surface area contributed by atoms with Crippen molar-refractivity contribution in [2.45, 2.75) is 25.7 Å². The number of unbranched alkanes of at least 4 members (excludes halogenated alkanes) is 2. The molecule has 0 amide bonds. The molecular formula is C8H14ClN3. The zero-order valence-electron chi connectivity index (χ0n) is 7.33. The number of halogens is 1. The van der Waals surface area contributed by atoms with Crippen LogP contribution in [0.25, 0.3) is 0 Å². The molecule has 0 saturated heterocycles. The van der Waals surface area contributed by atoms with Gasteiger partial charge >= 0.3 is 0 Å². The summed E-state index contributed by atoms with van der Waals surface area (Å²) in [7, 11) is 1.97. The molecule has 0 aromatic carbocycles. The number of alkyl halides is 1. The van der Waals surface area contributed by atoms with Gasteiger partial charge in [-0.15, -0.1) is 21.8 Å². The Hall–Kier alpha value is -0.570. The van der Waals surface area contributed by atoms with E-state index in [0.717, 1.165) is 31.0 Å². The van der Waals surface area contributed by atoms with Gasteiger partial charge in [0.25, 0.3) is 0 Å². The maximum Gasteiger partial charge on any atom is 0.132 e. The molecule has 0 radical (unpaired) electrons. The average molecular weight is 188 g/mol. The van der Waals surface area contributed by atoms with E-state index in [1.165, 1.54) is 6.42 Å². The predicted molar refractivity (Wildman–Crippen MR) is 49.3 cm³/mol. The van der Waals surface area contributed by atoms with Gasteiger partial charge < -0.3 is 4.57 Å². The molecule has 0 saturated carbocycles. The van der Waals surface area contributed by atoms with E-state index in [9.17, 15) is 0 Å². The van der Waals surface area contributed by atoms with Gasteiger partial charge in [0.05, 0.1) is 0 Å². The van der Waals surface area contributed by atoms with Crippen LogP contribution in [0.2, 0.25) is 0 Å². The van der Waals surface area contributed by atoms with Crippen LogP contribution < -0.4 is 0 Å². The summed E-state index contributed by atoms with van der Waals surface area (Å²) in [5.41, 5.74) is 0. The van der Waals surface area contributed by atoms with E-state index in [4.69, 9.17) is 11.6 Å². The van der Waals surface area contributed by atoms with Crippen LogP contribution in [0, 0.1) is 0 Å². The van der Waals surface area contributed by atoms with Gasteiger partial charge in [-0.25, -0.2) is 0 Å². The molecule has 0 bridgehead atoms. The molecular weight excluding hydrogens is 174 g/mol. The molecule has 0 aliphatic carbocycles. The monoisotopic (exact) mass is 187 g/mol. The lowest BCUT2D eigenvalue weighted by Gasteiger charge is -1.98. The molecule has 4 heteroatoms. The molecule has 1 aromatic heterocycles. The fourth-order valence-corrected chi connectivity index (χ4v) is 1.28. The summed E-state index contributed by atoms with van der Waals surface area (Å²) in [6.07, 6.45) is 6.17. The van der Waals surface area contributed by atoms with Gasteiger partial charge in [-0.1, -0.05) is 6.42 Å². The van der Waals surface area contributed by atoms with E-state index in [1.807, 2.05) is 11.6 Å². The van der Waals surface area contributed by atoms with Gasteiger partial charge in [0.2, 0.25) is 0 Å². The average Bonchev–Trinajstić information content (AvgIpc) is 2.46. The molecule has 1 aromatic rings. The van der Waals surface area contributed by atoms with Gasteiger partial charge in [0, 0.05) is 19.3 Å². The number of hydrogen-bond donors (Lipinski definition) is 0. The largest absolute Gasteiger partial charge is 0.321 e. The number of aromatic nitrogens is 3. The zero-order valence-corrected chi connectivity index (χ0v) is 8.09. The summed E-state index contributed by atoms with van der Waals surface area (Å²) >= 11 is 5.56. The minimum atomic E-state index is 0.763. The van der Waals surface area contributed by atoms with Crippen LogP contribution in [0.15, 0.2) is 6.33 Å². The number of rotatable bonds is 5. The van der Waals surface area contributed by atoms with Crippen molar-refractivity contribution < 1.29 is 0 Å². The molecule has 0 aliphatic rings. The third-order valence-corrected chi connectivity index (χ3v) is 2.11. The standard InChI is InChI=1S/C8H14ClN3/c1-12-7-10-11-8(12)5-3-2-4-6-9/h7H,2-6H2,1H3. The molecule has 0 N–H and O–H groups in total. The second-order valence-electron chi connectivity index (χ2n) is 2.86. The van der Waals surface area contributed by atoms with Crippen LogP contribution in [0.5, 0.6) is 0 Å². The summed E-state index contributed by atoms with van der Waals surface area (Å²) in [6.45, 7) is 0. The second-order valence-corrected chi connectivity index (χ2v) is 3.24. The van der Waals surface area contributed by atoms with Crippen molar-refractivity contribution in [3.05, 3.63) is 12.2 Å². The van der Waals surface area contributed by atoms with Gasteiger partial charge in [-0.2, -0.15) is 0 Å². The first-order valence-corrected chi connectivity index (χ1v) is 4.77. The second kappa shape index (κ2) is 5.14.